The molecule has 0 aliphatic carbocycles. The molecule has 0 unspecified atom stereocenters. The molecule has 0 saturated heterocycles. The van der Waals surface area contributed by atoms with E-state index in [-0.39, 0.29) is 0 Å². The van der Waals surface area contributed by atoms with Crippen LogP contribution in [0.1, 0.15) is 23.4 Å². The molecule has 2 rings (SSSR count). The van der Waals surface area contributed by atoms with Gasteiger partial charge in [0, 0.05) is 50.9 Å². The van der Waals surface area contributed by atoms with Crippen LogP contribution < -0.4 is 0 Å². The molecular weight excluding hydrogens is 228 g/mol. The monoisotopic (exact) mass is 250 g/mol. The molecule has 18 heavy (non-hydrogen) atoms. The molecule has 1 aliphatic rings. The molecule has 1 aromatic heterocycles. The van der Waals surface area contributed by atoms with E-state index in [1.54, 1.807) is 4.90 Å². The van der Waals surface area contributed by atoms with Crippen LogP contribution in [-0.4, -0.2) is 53.2 Å². The molecular formula is C13H22N4O. The topological polar surface area (TPSA) is 41.4 Å². The van der Waals surface area contributed by atoms with Gasteiger partial charge in [0.2, 0.25) is 6.41 Å². The zero-order valence-corrected chi connectivity index (χ0v) is 11.5. The van der Waals surface area contributed by atoms with Crippen molar-refractivity contribution >= 4 is 6.41 Å². The van der Waals surface area contributed by atoms with Gasteiger partial charge in [-0.1, -0.05) is 0 Å². The van der Waals surface area contributed by atoms with Crippen LogP contribution in [0.15, 0.2) is 0 Å². The second-order valence-electron chi connectivity index (χ2n) is 5.16. The number of carbonyl (C=O) groups is 1. The standard InChI is InChI=1S/C13H22N4O/c1-11-12-9-15(2)8-5-13(12)14-17(11)7-4-6-16(3)10-18/h10H,4-9H2,1-3H3. The Labute approximate surface area is 108 Å². The van der Waals surface area contributed by atoms with Gasteiger partial charge in [-0.05, 0) is 20.4 Å². The van der Waals surface area contributed by atoms with Crippen molar-refractivity contribution in [1.29, 1.82) is 0 Å². The molecule has 0 bridgehead atoms. The van der Waals surface area contributed by atoms with E-state index in [1.807, 2.05) is 7.05 Å². The Morgan fingerprint density at radius 2 is 2.28 bits per heavy atom. The van der Waals surface area contributed by atoms with E-state index >= 15 is 0 Å². The fraction of sp³-hybridized carbons (Fsp3) is 0.692. The predicted octanol–water partition coefficient (Wildman–Crippen LogP) is 0.658. The maximum atomic E-state index is 10.5. The van der Waals surface area contributed by atoms with E-state index in [4.69, 9.17) is 5.10 Å². The number of hydrogen-bond donors (Lipinski definition) is 0. The van der Waals surface area contributed by atoms with Gasteiger partial charge in [0.15, 0.2) is 0 Å². The Kier molecular flexibility index (Phi) is 4.01. The Morgan fingerprint density at radius 1 is 1.50 bits per heavy atom. The van der Waals surface area contributed by atoms with Crippen LogP contribution in [0.5, 0.6) is 0 Å². The molecule has 0 N–H and O–H groups in total. The highest BCUT2D eigenvalue weighted by Crippen LogP contribution is 2.20. The third-order valence-electron chi connectivity index (χ3n) is 3.63. The number of fused-ring (bicyclic) bond motifs is 1. The van der Waals surface area contributed by atoms with Gasteiger partial charge in [-0.2, -0.15) is 5.10 Å². The normalized spacial score (nSPS) is 15.5. The zero-order chi connectivity index (χ0) is 13.1. The summed E-state index contributed by atoms with van der Waals surface area (Å²) in [5, 5.41) is 4.69. The van der Waals surface area contributed by atoms with E-state index in [9.17, 15) is 4.79 Å². The second-order valence-corrected chi connectivity index (χ2v) is 5.16. The number of rotatable bonds is 5. The van der Waals surface area contributed by atoms with Crippen molar-refractivity contribution in [3.05, 3.63) is 17.0 Å². The lowest BCUT2D eigenvalue weighted by molar-refractivity contribution is -0.117. The molecule has 0 spiro atoms. The van der Waals surface area contributed by atoms with Crippen molar-refractivity contribution in [3.8, 4) is 0 Å². The van der Waals surface area contributed by atoms with E-state index in [1.165, 1.54) is 17.0 Å². The molecule has 1 aliphatic heterocycles. The fourth-order valence-corrected chi connectivity index (χ4v) is 2.44. The largest absolute Gasteiger partial charge is 0.348 e. The molecule has 0 radical (unpaired) electrons. The highest BCUT2D eigenvalue weighted by atomic mass is 16.1. The average molecular weight is 250 g/mol. The van der Waals surface area contributed by atoms with Crippen LogP contribution in [0.25, 0.3) is 0 Å². The SMILES string of the molecule is Cc1c2c(nn1CCCN(C)C=O)CCN(C)C2. The van der Waals surface area contributed by atoms with Crippen molar-refractivity contribution in [1.82, 2.24) is 19.6 Å². The minimum atomic E-state index is 0.785. The predicted molar refractivity (Wildman–Crippen MR) is 70.3 cm³/mol. The van der Waals surface area contributed by atoms with Crippen molar-refractivity contribution in [2.24, 2.45) is 0 Å². The maximum absolute atomic E-state index is 10.5. The third-order valence-corrected chi connectivity index (χ3v) is 3.63. The Morgan fingerprint density at radius 3 is 3.00 bits per heavy atom. The first-order valence-electron chi connectivity index (χ1n) is 6.51. The number of nitrogens with zero attached hydrogens (tertiary/aromatic N) is 4. The van der Waals surface area contributed by atoms with Crippen LogP contribution in [0.4, 0.5) is 0 Å². The summed E-state index contributed by atoms with van der Waals surface area (Å²) in [5.74, 6) is 0. The maximum Gasteiger partial charge on any atom is 0.209 e. The van der Waals surface area contributed by atoms with E-state index in [0.29, 0.717) is 0 Å². The average Bonchev–Trinajstić information content (AvgIpc) is 2.66. The number of carbonyl (C=O) groups excluding carboxylic acids is 1. The summed E-state index contributed by atoms with van der Waals surface area (Å²) in [5.41, 5.74) is 3.94. The molecule has 100 valence electrons. The van der Waals surface area contributed by atoms with Crippen molar-refractivity contribution in [2.75, 3.05) is 27.2 Å². The second kappa shape index (κ2) is 5.52. The van der Waals surface area contributed by atoms with Crippen LogP contribution in [0, 0.1) is 6.92 Å². The van der Waals surface area contributed by atoms with Crippen molar-refractivity contribution in [2.45, 2.75) is 32.9 Å². The number of likely N-dealkylation sites (N-methyl/N-ethyl adjacent to an activating group) is 1. The molecule has 1 amide bonds. The minimum absolute atomic E-state index is 0.785. The molecule has 1 aromatic rings. The van der Waals surface area contributed by atoms with E-state index in [0.717, 1.165) is 45.4 Å². The molecule has 5 heteroatoms. The summed E-state index contributed by atoms with van der Waals surface area (Å²) in [6, 6.07) is 0. The Hall–Kier alpha value is -1.36. The van der Waals surface area contributed by atoms with Gasteiger partial charge in [0.25, 0.3) is 0 Å². The van der Waals surface area contributed by atoms with E-state index in [2.05, 4.69) is 23.6 Å². The van der Waals surface area contributed by atoms with Crippen molar-refractivity contribution in [3.63, 3.8) is 0 Å². The van der Waals surface area contributed by atoms with Gasteiger partial charge in [0.1, 0.15) is 0 Å². The number of amides is 1. The highest BCUT2D eigenvalue weighted by Gasteiger charge is 2.20. The van der Waals surface area contributed by atoms with Crippen LogP contribution in [0.2, 0.25) is 0 Å². The molecule has 0 saturated carbocycles. The Balaban J connectivity index is 1.99. The lowest BCUT2D eigenvalue weighted by atomic mass is 10.1. The molecule has 5 nitrogen and oxygen atoms in total. The fourth-order valence-electron chi connectivity index (χ4n) is 2.44. The molecule has 0 atom stereocenters. The molecule has 0 aromatic carbocycles. The molecule has 2 heterocycles. The summed E-state index contributed by atoms with van der Waals surface area (Å²) in [6.45, 7) is 5.93. The van der Waals surface area contributed by atoms with Crippen LogP contribution in [-0.2, 0) is 24.3 Å². The Bertz CT molecular complexity index is 427. The van der Waals surface area contributed by atoms with Gasteiger partial charge in [-0.15, -0.1) is 0 Å². The smallest absolute Gasteiger partial charge is 0.209 e. The first-order valence-corrected chi connectivity index (χ1v) is 6.51. The van der Waals surface area contributed by atoms with Gasteiger partial charge < -0.3 is 9.80 Å². The highest BCUT2D eigenvalue weighted by molar-refractivity contribution is 5.46. The van der Waals surface area contributed by atoms with Gasteiger partial charge in [0.05, 0.1) is 5.69 Å². The summed E-state index contributed by atoms with van der Waals surface area (Å²) in [4.78, 5) is 14.5. The van der Waals surface area contributed by atoms with Crippen molar-refractivity contribution < 1.29 is 4.79 Å². The summed E-state index contributed by atoms with van der Waals surface area (Å²) in [6.07, 6.45) is 2.87. The summed E-state index contributed by atoms with van der Waals surface area (Å²) < 4.78 is 2.10. The lowest BCUT2D eigenvalue weighted by Gasteiger charge is -2.21. The number of aromatic nitrogens is 2. The van der Waals surface area contributed by atoms with Crippen LogP contribution >= 0.6 is 0 Å². The summed E-state index contributed by atoms with van der Waals surface area (Å²) >= 11 is 0. The summed E-state index contributed by atoms with van der Waals surface area (Å²) in [7, 11) is 3.96. The lowest BCUT2D eigenvalue weighted by Crippen LogP contribution is -2.26. The zero-order valence-electron chi connectivity index (χ0n) is 11.5. The van der Waals surface area contributed by atoms with Gasteiger partial charge in [-0.25, -0.2) is 0 Å². The third kappa shape index (κ3) is 2.72. The first-order chi connectivity index (χ1) is 8.61. The molecule has 0 fully saturated rings. The van der Waals surface area contributed by atoms with E-state index < -0.39 is 0 Å². The van der Waals surface area contributed by atoms with Gasteiger partial charge in [-0.3, -0.25) is 9.48 Å². The first kappa shape index (κ1) is 13.1. The van der Waals surface area contributed by atoms with Gasteiger partial charge >= 0.3 is 0 Å². The quantitative estimate of drug-likeness (QED) is 0.721. The minimum Gasteiger partial charge on any atom is -0.348 e. The van der Waals surface area contributed by atoms with Crippen LogP contribution in [0.3, 0.4) is 0 Å². The number of aryl methyl sites for hydroxylation is 1. The number of hydrogen-bond acceptors (Lipinski definition) is 3.